The normalized spacial score (nSPS) is 18.4. The lowest BCUT2D eigenvalue weighted by Gasteiger charge is -2.34. The van der Waals surface area contributed by atoms with E-state index in [1.165, 1.54) is 12.1 Å². The van der Waals surface area contributed by atoms with Crippen LogP contribution in [0, 0.1) is 3.57 Å². The molecular formula is C13H11F3INO3. The fraction of sp³-hybridized carbons (Fsp3) is 0.385. The van der Waals surface area contributed by atoms with Crippen LogP contribution in [-0.2, 0) is 9.53 Å². The van der Waals surface area contributed by atoms with E-state index in [2.05, 4.69) is 4.74 Å². The molecule has 0 aliphatic carbocycles. The Balaban J connectivity index is 2.45. The number of rotatable bonds is 2. The SMILES string of the molecule is COC(=O)CN1CC(C(F)(F)F)c2cc(I)ccc2C1=O. The van der Waals surface area contributed by atoms with Crippen molar-refractivity contribution in [2.24, 2.45) is 0 Å². The summed E-state index contributed by atoms with van der Waals surface area (Å²) in [4.78, 5) is 24.3. The molecule has 0 saturated carbocycles. The number of ether oxygens (including phenoxy) is 1. The van der Waals surface area contributed by atoms with Gasteiger partial charge in [-0.2, -0.15) is 13.2 Å². The Morgan fingerprint density at radius 1 is 1.48 bits per heavy atom. The van der Waals surface area contributed by atoms with Gasteiger partial charge in [-0.3, -0.25) is 9.59 Å². The fourth-order valence-electron chi connectivity index (χ4n) is 2.23. The van der Waals surface area contributed by atoms with Gasteiger partial charge >= 0.3 is 12.1 Å². The number of carbonyl (C=O) groups excluding carboxylic acids is 2. The number of fused-ring (bicyclic) bond motifs is 1. The van der Waals surface area contributed by atoms with Crippen molar-refractivity contribution < 1.29 is 27.5 Å². The zero-order valence-electron chi connectivity index (χ0n) is 10.9. The van der Waals surface area contributed by atoms with Gasteiger partial charge in [0.25, 0.3) is 5.91 Å². The molecule has 1 aromatic rings. The summed E-state index contributed by atoms with van der Waals surface area (Å²) in [5, 5.41) is 0. The molecule has 2 rings (SSSR count). The van der Waals surface area contributed by atoms with E-state index in [0.29, 0.717) is 3.57 Å². The summed E-state index contributed by atoms with van der Waals surface area (Å²) in [6, 6.07) is 4.29. The molecule has 1 aliphatic heterocycles. The van der Waals surface area contributed by atoms with Gasteiger partial charge in [-0.1, -0.05) is 0 Å². The lowest BCUT2D eigenvalue weighted by Crippen LogP contribution is -2.46. The van der Waals surface area contributed by atoms with Crippen molar-refractivity contribution in [1.82, 2.24) is 4.90 Å². The zero-order valence-corrected chi connectivity index (χ0v) is 13.1. The van der Waals surface area contributed by atoms with E-state index in [1.807, 2.05) is 22.6 Å². The predicted octanol–water partition coefficient (Wildman–Crippen LogP) is 2.57. The number of benzene rings is 1. The van der Waals surface area contributed by atoms with E-state index in [1.54, 1.807) is 6.07 Å². The number of alkyl halides is 3. The van der Waals surface area contributed by atoms with Gasteiger partial charge in [0.1, 0.15) is 6.54 Å². The Hall–Kier alpha value is -1.32. The molecule has 1 aromatic carbocycles. The van der Waals surface area contributed by atoms with Gasteiger partial charge < -0.3 is 9.64 Å². The number of methoxy groups -OCH3 is 1. The highest BCUT2D eigenvalue weighted by molar-refractivity contribution is 14.1. The van der Waals surface area contributed by atoms with Gasteiger partial charge in [0.15, 0.2) is 0 Å². The Bertz CT molecular complexity index is 589. The molecule has 0 saturated heterocycles. The van der Waals surface area contributed by atoms with Gasteiger partial charge in [-0.15, -0.1) is 0 Å². The monoisotopic (exact) mass is 413 g/mol. The number of nitrogens with zero attached hydrogens (tertiary/aromatic N) is 1. The van der Waals surface area contributed by atoms with Crippen LogP contribution in [-0.4, -0.2) is 43.2 Å². The number of esters is 1. The number of halogens is 4. The van der Waals surface area contributed by atoms with Crippen LogP contribution >= 0.6 is 22.6 Å². The van der Waals surface area contributed by atoms with Crippen molar-refractivity contribution in [3.05, 3.63) is 32.9 Å². The maximum absolute atomic E-state index is 13.2. The van der Waals surface area contributed by atoms with Gasteiger partial charge in [-0.25, -0.2) is 0 Å². The van der Waals surface area contributed by atoms with E-state index in [4.69, 9.17) is 0 Å². The Kier molecular flexibility index (Phi) is 4.45. The van der Waals surface area contributed by atoms with Gasteiger partial charge in [0, 0.05) is 15.7 Å². The van der Waals surface area contributed by atoms with Crippen molar-refractivity contribution in [3.63, 3.8) is 0 Å². The molecule has 1 atom stereocenters. The Morgan fingerprint density at radius 3 is 2.71 bits per heavy atom. The van der Waals surface area contributed by atoms with Crippen molar-refractivity contribution in [2.45, 2.75) is 12.1 Å². The maximum atomic E-state index is 13.2. The largest absolute Gasteiger partial charge is 0.468 e. The third-order valence-corrected chi connectivity index (χ3v) is 3.92. The van der Waals surface area contributed by atoms with Crippen molar-refractivity contribution in [1.29, 1.82) is 0 Å². The summed E-state index contributed by atoms with van der Waals surface area (Å²) >= 11 is 1.90. The lowest BCUT2D eigenvalue weighted by molar-refractivity contribution is -0.157. The number of hydrogen-bond acceptors (Lipinski definition) is 3. The molecule has 4 nitrogen and oxygen atoms in total. The van der Waals surface area contributed by atoms with Crippen molar-refractivity contribution >= 4 is 34.5 Å². The topological polar surface area (TPSA) is 46.6 Å². The molecule has 1 amide bonds. The first-order valence-electron chi connectivity index (χ1n) is 5.96. The number of amides is 1. The number of carbonyl (C=O) groups is 2. The highest BCUT2D eigenvalue weighted by Gasteiger charge is 2.47. The average Bonchev–Trinajstić information content (AvgIpc) is 2.40. The van der Waals surface area contributed by atoms with E-state index in [0.717, 1.165) is 12.0 Å². The van der Waals surface area contributed by atoms with Crippen LogP contribution in [0.1, 0.15) is 21.8 Å². The van der Waals surface area contributed by atoms with Crippen LogP contribution in [0.4, 0.5) is 13.2 Å². The molecule has 0 bridgehead atoms. The van der Waals surface area contributed by atoms with Crippen LogP contribution in [0.5, 0.6) is 0 Å². The van der Waals surface area contributed by atoms with Crippen molar-refractivity contribution in [3.8, 4) is 0 Å². The van der Waals surface area contributed by atoms with Crippen LogP contribution in [0.3, 0.4) is 0 Å². The Labute approximate surface area is 132 Å². The first-order chi connectivity index (χ1) is 9.74. The van der Waals surface area contributed by atoms with Gasteiger partial charge in [-0.05, 0) is 46.4 Å². The third kappa shape index (κ3) is 3.30. The van der Waals surface area contributed by atoms with Gasteiger partial charge in [0.05, 0.1) is 13.0 Å². The van der Waals surface area contributed by atoms with E-state index in [-0.39, 0.29) is 11.1 Å². The second-order valence-corrected chi connectivity index (χ2v) is 5.83. The smallest absolute Gasteiger partial charge is 0.397 e. The number of hydrogen-bond donors (Lipinski definition) is 0. The molecular weight excluding hydrogens is 402 g/mol. The summed E-state index contributed by atoms with van der Waals surface area (Å²) in [6.07, 6.45) is -4.49. The van der Waals surface area contributed by atoms with Gasteiger partial charge in [0.2, 0.25) is 0 Å². The van der Waals surface area contributed by atoms with E-state index >= 15 is 0 Å². The summed E-state index contributed by atoms with van der Waals surface area (Å²) in [7, 11) is 1.12. The average molecular weight is 413 g/mol. The highest BCUT2D eigenvalue weighted by atomic mass is 127. The standard InChI is InChI=1S/C13H11F3INO3/c1-21-11(19)6-18-5-10(13(14,15)16)9-4-7(17)2-3-8(9)12(18)20/h2-4,10H,5-6H2,1H3. The minimum absolute atomic E-state index is 0.0205. The summed E-state index contributed by atoms with van der Waals surface area (Å²) < 4.78 is 44.7. The molecule has 21 heavy (non-hydrogen) atoms. The summed E-state index contributed by atoms with van der Waals surface area (Å²) in [6.45, 7) is -1.07. The van der Waals surface area contributed by atoms with Crippen LogP contribution in [0.2, 0.25) is 0 Å². The second kappa shape index (κ2) is 5.82. The van der Waals surface area contributed by atoms with Crippen molar-refractivity contribution in [2.75, 3.05) is 20.2 Å². The molecule has 0 spiro atoms. The second-order valence-electron chi connectivity index (χ2n) is 4.59. The third-order valence-electron chi connectivity index (χ3n) is 3.25. The fourth-order valence-corrected chi connectivity index (χ4v) is 2.74. The predicted molar refractivity (Wildman–Crippen MR) is 75.9 cm³/mol. The molecule has 1 aliphatic rings. The molecule has 0 fully saturated rings. The van der Waals surface area contributed by atoms with E-state index in [9.17, 15) is 22.8 Å². The van der Waals surface area contributed by atoms with Crippen LogP contribution < -0.4 is 0 Å². The quantitative estimate of drug-likeness (QED) is 0.554. The zero-order chi connectivity index (χ0) is 15.8. The highest BCUT2D eigenvalue weighted by Crippen LogP contribution is 2.40. The first-order valence-corrected chi connectivity index (χ1v) is 7.04. The minimum Gasteiger partial charge on any atom is -0.468 e. The summed E-state index contributed by atoms with van der Waals surface area (Å²) in [5.41, 5.74) is -0.0617. The minimum atomic E-state index is -4.49. The van der Waals surface area contributed by atoms with Crippen LogP contribution in [0.15, 0.2) is 18.2 Å². The summed E-state index contributed by atoms with van der Waals surface area (Å²) in [5.74, 6) is -3.14. The van der Waals surface area contributed by atoms with Crippen LogP contribution in [0.25, 0.3) is 0 Å². The Morgan fingerprint density at radius 2 is 2.14 bits per heavy atom. The molecule has 114 valence electrons. The molecule has 1 heterocycles. The molecule has 0 radical (unpaired) electrons. The molecule has 0 aromatic heterocycles. The molecule has 0 N–H and O–H groups in total. The maximum Gasteiger partial charge on any atom is 0.397 e. The first kappa shape index (κ1) is 16.1. The molecule has 1 unspecified atom stereocenters. The lowest BCUT2D eigenvalue weighted by atomic mass is 9.89. The van der Waals surface area contributed by atoms with E-state index < -0.39 is 37.1 Å². The molecule has 8 heteroatoms.